The van der Waals surface area contributed by atoms with Gasteiger partial charge in [-0.1, -0.05) is 18.2 Å². The summed E-state index contributed by atoms with van der Waals surface area (Å²) in [4.78, 5) is 41.5. The van der Waals surface area contributed by atoms with Gasteiger partial charge in [0.25, 0.3) is 11.8 Å². The van der Waals surface area contributed by atoms with Crippen molar-refractivity contribution in [2.45, 2.75) is 33.7 Å². The van der Waals surface area contributed by atoms with E-state index in [4.69, 9.17) is 4.74 Å². The lowest BCUT2D eigenvalue weighted by molar-refractivity contribution is -0.129. The summed E-state index contributed by atoms with van der Waals surface area (Å²) in [7, 11) is 1.50. The Kier molecular flexibility index (Phi) is 6.22. The van der Waals surface area contributed by atoms with Gasteiger partial charge in [-0.2, -0.15) is 0 Å². The maximum atomic E-state index is 13.3. The van der Waals surface area contributed by atoms with Crippen LogP contribution in [-0.4, -0.2) is 47.6 Å². The van der Waals surface area contributed by atoms with E-state index in [1.807, 2.05) is 19.9 Å². The summed E-state index contributed by atoms with van der Waals surface area (Å²) in [5.41, 5.74) is 3.16. The van der Waals surface area contributed by atoms with E-state index < -0.39 is 17.8 Å². The van der Waals surface area contributed by atoms with Gasteiger partial charge in [-0.25, -0.2) is 9.69 Å². The molecule has 0 radical (unpaired) electrons. The summed E-state index contributed by atoms with van der Waals surface area (Å²) in [6.07, 6.45) is 1.59. The van der Waals surface area contributed by atoms with Gasteiger partial charge in [0.05, 0.1) is 18.8 Å². The summed E-state index contributed by atoms with van der Waals surface area (Å²) in [6, 6.07) is 10.1. The minimum Gasteiger partial charge on any atom is -0.383 e. The second-order valence-corrected chi connectivity index (χ2v) is 7.56. The summed E-state index contributed by atoms with van der Waals surface area (Å²) in [5.74, 6) is -1.23. The van der Waals surface area contributed by atoms with Gasteiger partial charge in [-0.15, -0.1) is 0 Å². The molecule has 0 saturated carbocycles. The van der Waals surface area contributed by atoms with Crippen molar-refractivity contribution in [3.63, 3.8) is 0 Å². The molecule has 0 spiro atoms. The maximum absolute atomic E-state index is 13.3. The number of barbiturate groups is 1. The Morgan fingerprint density at radius 2 is 1.70 bits per heavy atom. The van der Waals surface area contributed by atoms with E-state index >= 15 is 0 Å². The highest BCUT2D eigenvalue weighted by molar-refractivity contribution is 6.39. The van der Waals surface area contributed by atoms with Crippen molar-refractivity contribution < 1.29 is 19.1 Å². The molecule has 2 aromatic rings. The Bertz CT molecular complexity index is 1000. The topological polar surface area (TPSA) is 71.8 Å². The third kappa shape index (κ3) is 3.80. The van der Waals surface area contributed by atoms with Crippen LogP contribution in [0.5, 0.6) is 0 Å². The minimum absolute atomic E-state index is 0.0430. The number of carbonyl (C=O) groups excluding carboxylic acids is 3. The Hall–Kier alpha value is -3.19. The molecule has 30 heavy (non-hydrogen) atoms. The zero-order chi connectivity index (χ0) is 22.0. The molecular weight excluding hydrogens is 382 g/mol. The number of rotatable bonds is 6. The second kappa shape index (κ2) is 8.67. The Morgan fingerprint density at radius 3 is 2.27 bits per heavy atom. The Labute approximate surface area is 176 Å². The molecule has 0 unspecified atom stereocenters. The van der Waals surface area contributed by atoms with Crippen LogP contribution < -0.4 is 4.90 Å². The Balaban J connectivity index is 2.11. The van der Waals surface area contributed by atoms with Gasteiger partial charge in [-0.3, -0.25) is 14.5 Å². The predicted molar refractivity (Wildman–Crippen MR) is 115 cm³/mol. The van der Waals surface area contributed by atoms with Crippen molar-refractivity contribution in [3.05, 3.63) is 58.9 Å². The summed E-state index contributed by atoms with van der Waals surface area (Å²) in [6.45, 7) is 8.35. The van der Waals surface area contributed by atoms with E-state index in [9.17, 15) is 14.4 Å². The largest absolute Gasteiger partial charge is 0.383 e. The van der Waals surface area contributed by atoms with Gasteiger partial charge in [0.15, 0.2) is 0 Å². The van der Waals surface area contributed by atoms with E-state index in [1.54, 1.807) is 36.4 Å². The number of ether oxygens (including phenoxy) is 1. The molecule has 4 amide bonds. The first-order valence-electron chi connectivity index (χ1n) is 9.92. The average Bonchev–Trinajstić information content (AvgIpc) is 2.99. The second-order valence-electron chi connectivity index (χ2n) is 7.56. The van der Waals surface area contributed by atoms with Crippen molar-refractivity contribution in [3.8, 4) is 0 Å². The molecule has 7 heteroatoms. The number of methoxy groups -OCH3 is 1. The van der Waals surface area contributed by atoms with E-state index in [0.717, 1.165) is 26.8 Å². The van der Waals surface area contributed by atoms with Crippen molar-refractivity contribution in [2.24, 2.45) is 0 Å². The molecule has 0 aliphatic carbocycles. The molecule has 1 aliphatic heterocycles. The quantitative estimate of drug-likeness (QED) is 0.539. The molecule has 0 N–H and O–H groups in total. The van der Waals surface area contributed by atoms with Gasteiger partial charge in [0.2, 0.25) is 0 Å². The number of aromatic nitrogens is 1. The SMILES string of the molecule is COCCN1C(=O)/C(=C/c2cc(C)n(C(C)C)c2C)C(=O)N(c2ccccc2)C1=O. The zero-order valence-electron chi connectivity index (χ0n) is 18.0. The van der Waals surface area contributed by atoms with Crippen LogP contribution in [0.15, 0.2) is 42.0 Å². The molecular formula is C23H27N3O4. The molecule has 1 aromatic heterocycles. The number of benzene rings is 1. The maximum Gasteiger partial charge on any atom is 0.338 e. The number of carbonyl (C=O) groups is 3. The van der Waals surface area contributed by atoms with Gasteiger partial charge in [-0.05, 0) is 57.5 Å². The Morgan fingerprint density at radius 1 is 1.03 bits per heavy atom. The lowest BCUT2D eigenvalue weighted by Crippen LogP contribution is -2.57. The fraction of sp³-hybridized carbons (Fsp3) is 0.348. The molecule has 1 fully saturated rings. The van der Waals surface area contributed by atoms with Gasteiger partial charge < -0.3 is 9.30 Å². The van der Waals surface area contributed by atoms with Crippen molar-refractivity contribution >= 4 is 29.6 Å². The number of amides is 4. The van der Waals surface area contributed by atoms with Crippen LogP contribution >= 0.6 is 0 Å². The third-order valence-electron chi connectivity index (χ3n) is 5.20. The van der Waals surface area contributed by atoms with Crippen LogP contribution in [-0.2, 0) is 14.3 Å². The number of nitrogens with zero attached hydrogens (tertiary/aromatic N) is 3. The fourth-order valence-corrected chi connectivity index (χ4v) is 3.86. The molecule has 0 bridgehead atoms. The van der Waals surface area contributed by atoms with Crippen molar-refractivity contribution in [1.29, 1.82) is 0 Å². The number of imide groups is 2. The molecule has 0 atom stereocenters. The zero-order valence-corrected chi connectivity index (χ0v) is 18.0. The lowest BCUT2D eigenvalue weighted by Gasteiger charge is -2.33. The van der Waals surface area contributed by atoms with Crippen LogP contribution in [0.2, 0.25) is 0 Å². The lowest BCUT2D eigenvalue weighted by atomic mass is 10.1. The molecule has 1 aromatic carbocycles. The van der Waals surface area contributed by atoms with Gasteiger partial charge in [0, 0.05) is 24.5 Å². The first-order valence-corrected chi connectivity index (χ1v) is 9.92. The number of urea groups is 1. The number of hydrogen-bond acceptors (Lipinski definition) is 4. The highest BCUT2D eigenvalue weighted by Crippen LogP contribution is 2.28. The van der Waals surface area contributed by atoms with E-state index in [2.05, 4.69) is 18.4 Å². The first-order chi connectivity index (χ1) is 14.3. The van der Waals surface area contributed by atoms with Crippen LogP contribution in [0.25, 0.3) is 6.08 Å². The van der Waals surface area contributed by atoms with E-state index in [1.165, 1.54) is 7.11 Å². The van der Waals surface area contributed by atoms with Crippen LogP contribution in [0, 0.1) is 13.8 Å². The van der Waals surface area contributed by atoms with E-state index in [-0.39, 0.29) is 24.8 Å². The summed E-state index contributed by atoms with van der Waals surface area (Å²) < 4.78 is 7.20. The average molecular weight is 409 g/mol. The smallest absolute Gasteiger partial charge is 0.338 e. The van der Waals surface area contributed by atoms with Crippen LogP contribution in [0.1, 0.15) is 36.8 Å². The molecule has 2 heterocycles. The number of aryl methyl sites for hydroxylation is 1. The summed E-state index contributed by atoms with van der Waals surface area (Å²) >= 11 is 0. The molecule has 7 nitrogen and oxygen atoms in total. The van der Waals surface area contributed by atoms with Crippen molar-refractivity contribution in [2.75, 3.05) is 25.2 Å². The highest BCUT2D eigenvalue weighted by Gasteiger charge is 2.42. The van der Waals surface area contributed by atoms with E-state index in [0.29, 0.717) is 5.69 Å². The molecule has 1 saturated heterocycles. The highest BCUT2D eigenvalue weighted by atomic mass is 16.5. The minimum atomic E-state index is -0.668. The standard InChI is InChI=1S/C23H27N3O4/c1-15(2)25-16(3)13-18(17(25)4)14-20-21(27)24(11-12-30-5)23(29)26(22(20)28)19-9-7-6-8-10-19/h6-10,13-15H,11-12H2,1-5H3/b20-14-. The number of para-hydroxylation sites is 1. The summed E-state index contributed by atoms with van der Waals surface area (Å²) in [5, 5.41) is 0. The fourth-order valence-electron chi connectivity index (χ4n) is 3.86. The molecule has 3 rings (SSSR count). The number of hydrogen-bond donors (Lipinski definition) is 0. The molecule has 158 valence electrons. The third-order valence-corrected chi connectivity index (χ3v) is 5.20. The monoisotopic (exact) mass is 409 g/mol. The van der Waals surface area contributed by atoms with Crippen LogP contribution in [0.4, 0.5) is 10.5 Å². The predicted octanol–water partition coefficient (Wildman–Crippen LogP) is 3.71. The first kappa shape index (κ1) is 21.5. The number of anilines is 1. The van der Waals surface area contributed by atoms with Gasteiger partial charge >= 0.3 is 6.03 Å². The van der Waals surface area contributed by atoms with Gasteiger partial charge in [0.1, 0.15) is 5.57 Å². The van der Waals surface area contributed by atoms with Crippen molar-refractivity contribution in [1.82, 2.24) is 9.47 Å². The molecule has 1 aliphatic rings. The van der Waals surface area contributed by atoms with Crippen LogP contribution in [0.3, 0.4) is 0 Å². The normalized spacial score (nSPS) is 16.3.